The molecule has 1 aromatic rings. The van der Waals surface area contributed by atoms with E-state index in [1.165, 1.54) is 0 Å². The van der Waals surface area contributed by atoms with Gasteiger partial charge in [-0.1, -0.05) is 17.7 Å². The van der Waals surface area contributed by atoms with E-state index in [1.54, 1.807) is 18.2 Å². The molecule has 0 amide bonds. The van der Waals surface area contributed by atoms with Gasteiger partial charge in [0.1, 0.15) is 5.75 Å². The normalized spacial score (nSPS) is 10.5. The summed E-state index contributed by atoms with van der Waals surface area (Å²) in [5.74, 6) is 1.42. The fraction of sp³-hybridized carbons (Fsp3) is 0.455. The largest absolute Gasteiger partial charge is 0.508 e. The van der Waals surface area contributed by atoms with E-state index in [0.29, 0.717) is 11.6 Å². The Hall–Kier alpha value is -0.380. The number of benzene rings is 1. The maximum absolute atomic E-state index is 9.57. The molecule has 0 atom stereocenters. The molecule has 1 rings (SSSR count). The number of phenols is 1. The molecule has 0 bridgehead atoms. The van der Waals surface area contributed by atoms with Crippen molar-refractivity contribution in [3.8, 4) is 5.75 Å². The summed E-state index contributed by atoms with van der Waals surface area (Å²) in [6, 6.07) is 5.19. The number of hydrogen-bond donors (Lipinski definition) is 2. The molecule has 2 nitrogen and oxygen atoms in total. The van der Waals surface area contributed by atoms with E-state index >= 15 is 0 Å². The molecule has 0 saturated heterocycles. The Bertz CT molecular complexity index is 286. The summed E-state index contributed by atoms with van der Waals surface area (Å²) in [5.41, 5.74) is 0.781. The molecule has 0 aliphatic heterocycles. The van der Waals surface area contributed by atoms with Crippen LogP contribution in [0.5, 0.6) is 5.75 Å². The van der Waals surface area contributed by atoms with E-state index < -0.39 is 0 Å². The lowest BCUT2D eigenvalue weighted by atomic mass is 10.2. The van der Waals surface area contributed by atoms with Gasteiger partial charge >= 0.3 is 0 Å². The third-order valence-electron chi connectivity index (χ3n) is 2.10. The molecular formula is C11H16ClNOS. The molecule has 0 unspecified atom stereocenters. The molecule has 2 N–H and O–H groups in total. The molecule has 0 aliphatic rings. The van der Waals surface area contributed by atoms with Crippen LogP contribution in [0.3, 0.4) is 0 Å². The van der Waals surface area contributed by atoms with Gasteiger partial charge in [-0.3, -0.25) is 0 Å². The maximum atomic E-state index is 9.57. The zero-order valence-corrected chi connectivity index (χ0v) is 10.4. The van der Waals surface area contributed by atoms with Crippen molar-refractivity contribution < 1.29 is 5.11 Å². The van der Waals surface area contributed by atoms with E-state index in [9.17, 15) is 5.11 Å². The van der Waals surface area contributed by atoms with Crippen molar-refractivity contribution in [1.82, 2.24) is 5.32 Å². The van der Waals surface area contributed by atoms with Crippen LogP contribution in [0, 0.1) is 0 Å². The van der Waals surface area contributed by atoms with Crippen LogP contribution in [0.15, 0.2) is 18.2 Å². The predicted molar refractivity (Wildman–Crippen MR) is 67.8 cm³/mol. The third kappa shape index (κ3) is 4.33. The van der Waals surface area contributed by atoms with Crippen molar-refractivity contribution in [1.29, 1.82) is 0 Å². The van der Waals surface area contributed by atoms with Crippen LogP contribution >= 0.6 is 23.4 Å². The fourth-order valence-electron chi connectivity index (χ4n) is 1.28. The van der Waals surface area contributed by atoms with Gasteiger partial charge in [0.15, 0.2) is 0 Å². The van der Waals surface area contributed by atoms with E-state index in [2.05, 4.69) is 11.6 Å². The van der Waals surface area contributed by atoms with E-state index in [4.69, 9.17) is 11.6 Å². The Morgan fingerprint density at radius 1 is 1.47 bits per heavy atom. The Kier molecular flexibility index (Phi) is 5.91. The van der Waals surface area contributed by atoms with Gasteiger partial charge in [0.05, 0.1) is 0 Å². The second kappa shape index (κ2) is 6.99. The quantitative estimate of drug-likeness (QED) is 0.756. The molecule has 15 heavy (non-hydrogen) atoms. The van der Waals surface area contributed by atoms with Crippen molar-refractivity contribution in [2.24, 2.45) is 0 Å². The number of thioether (sulfide) groups is 1. The number of nitrogens with one attached hydrogen (secondary N) is 1. The summed E-state index contributed by atoms with van der Waals surface area (Å²) in [6.07, 6.45) is 3.23. The molecule has 84 valence electrons. The highest BCUT2D eigenvalue weighted by atomic mass is 35.5. The van der Waals surface area contributed by atoms with Crippen molar-refractivity contribution >= 4 is 23.4 Å². The first kappa shape index (κ1) is 12.7. The van der Waals surface area contributed by atoms with Gasteiger partial charge in [-0.25, -0.2) is 0 Å². The standard InChI is InChI=1S/C11H16ClNOS/c1-15-7-3-6-13-8-9-10(12)4-2-5-11(9)14/h2,4-5,13-14H,3,6-8H2,1H3. The minimum absolute atomic E-state index is 0.264. The molecule has 0 fully saturated rings. The summed E-state index contributed by atoms with van der Waals surface area (Å²) >= 11 is 7.80. The summed E-state index contributed by atoms with van der Waals surface area (Å²) in [4.78, 5) is 0. The maximum Gasteiger partial charge on any atom is 0.121 e. The zero-order valence-electron chi connectivity index (χ0n) is 8.79. The van der Waals surface area contributed by atoms with Crippen molar-refractivity contribution in [3.63, 3.8) is 0 Å². The minimum atomic E-state index is 0.264. The number of halogens is 1. The average molecular weight is 246 g/mol. The van der Waals surface area contributed by atoms with Gasteiger partial charge in [0, 0.05) is 17.1 Å². The predicted octanol–water partition coefficient (Wildman–Crippen LogP) is 2.89. The van der Waals surface area contributed by atoms with Gasteiger partial charge in [-0.2, -0.15) is 11.8 Å². The first-order chi connectivity index (χ1) is 7.25. The summed E-state index contributed by atoms with van der Waals surface area (Å²) in [6.45, 7) is 1.57. The van der Waals surface area contributed by atoms with Crippen LogP contribution in [-0.2, 0) is 6.54 Å². The molecule has 1 aromatic carbocycles. The Labute approximate surface area is 100 Å². The highest BCUT2D eigenvalue weighted by Crippen LogP contribution is 2.24. The molecule has 0 heterocycles. The van der Waals surface area contributed by atoms with Gasteiger partial charge in [-0.15, -0.1) is 0 Å². The third-order valence-corrected chi connectivity index (χ3v) is 3.15. The fourth-order valence-corrected chi connectivity index (χ4v) is 1.95. The van der Waals surface area contributed by atoms with Gasteiger partial charge in [0.25, 0.3) is 0 Å². The van der Waals surface area contributed by atoms with Gasteiger partial charge in [-0.05, 0) is 37.1 Å². The van der Waals surface area contributed by atoms with E-state index in [1.807, 2.05) is 11.8 Å². The Balaban J connectivity index is 2.37. The van der Waals surface area contributed by atoms with Crippen LogP contribution in [0.1, 0.15) is 12.0 Å². The zero-order chi connectivity index (χ0) is 11.1. The molecule has 0 spiro atoms. The Morgan fingerprint density at radius 2 is 2.27 bits per heavy atom. The number of aromatic hydroxyl groups is 1. The van der Waals surface area contributed by atoms with E-state index in [0.717, 1.165) is 24.3 Å². The van der Waals surface area contributed by atoms with Gasteiger partial charge in [0.2, 0.25) is 0 Å². The lowest BCUT2D eigenvalue weighted by molar-refractivity contribution is 0.464. The lowest BCUT2D eigenvalue weighted by Gasteiger charge is -2.08. The van der Waals surface area contributed by atoms with Crippen LogP contribution in [0.25, 0.3) is 0 Å². The monoisotopic (exact) mass is 245 g/mol. The van der Waals surface area contributed by atoms with Crippen LogP contribution in [-0.4, -0.2) is 23.7 Å². The van der Waals surface area contributed by atoms with Crippen LogP contribution in [0.4, 0.5) is 0 Å². The topological polar surface area (TPSA) is 32.3 Å². The average Bonchev–Trinajstić information content (AvgIpc) is 2.21. The summed E-state index contributed by atoms with van der Waals surface area (Å²) in [5, 5.41) is 13.4. The van der Waals surface area contributed by atoms with E-state index in [-0.39, 0.29) is 5.75 Å². The molecule has 0 aromatic heterocycles. The smallest absolute Gasteiger partial charge is 0.121 e. The number of rotatable bonds is 6. The van der Waals surface area contributed by atoms with Crippen LogP contribution in [0.2, 0.25) is 5.02 Å². The SMILES string of the molecule is CSCCCNCc1c(O)cccc1Cl. The number of phenolic OH excluding ortho intramolecular Hbond substituents is 1. The lowest BCUT2D eigenvalue weighted by Crippen LogP contribution is -2.15. The van der Waals surface area contributed by atoms with Gasteiger partial charge < -0.3 is 10.4 Å². The summed E-state index contributed by atoms with van der Waals surface area (Å²) in [7, 11) is 0. The summed E-state index contributed by atoms with van der Waals surface area (Å²) < 4.78 is 0. The van der Waals surface area contributed by atoms with Crippen molar-refractivity contribution in [2.75, 3.05) is 18.6 Å². The molecular weight excluding hydrogens is 230 g/mol. The van der Waals surface area contributed by atoms with Crippen molar-refractivity contribution in [3.05, 3.63) is 28.8 Å². The number of hydrogen-bond acceptors (Lipinski definition) is 3. The Morgan fingerprint density at radius 3 is 2.93 bits per heavy atom. The molecule has 0 saturated carbocycles. The highest BCUT2D eigenvalue weighted by Gasteiger charge is 2.04. The minimum Gasteiger partial charge on any atom is -0.508 e. The van der Waals surface area contributed by atoms with Crippen LogP contribution < -0.4 is 5.32 Å². The molecule has 4 heteroatoms. The van der Waals surface area contributed by atoms with Crippen molar-refractivity contribution in [2.45, 2.75) is 13.0 Å². The second-order valence-corrected chi connectivity index (χ2v) is 4.65. The second-order valence-electron chi connectivity index (χ2n) is 3.26. The first-order valence-corrected chi connectivity index (χ1v) is 6.69. The molecule has 0 radical (unpaired) electrons. The first-order valence-electron chi connectivity index (χ1n) is 4.91. The molecule has 0 aliphatic carbocycles. The highest BCUT2D eigenvalue weighted by molar-refractivity contribution is 7.98.